The molecule has 1 atom stereocenters. The minimum Gasteiger partial charge on any atom is -0.465 e. The monoisotopic (exact) mass is 276 g/mol. The standard InChI is InChI=1S/C15H20N2O3/c1-17-9-3-4-12(10-17)14(18)16-13-7-5-11(6-8-13)15(19)20-2/h5-8,12H,3-4,9-10H2,1-2H3,(H,16,18)/t12-/m0/s1. The average Bonchev–Trinajstić information content (AvgIpc) is 2.47. The zero-order valence-corrected chi connectivity index (χ0v) is 11.9. The minimum absolute atomic E-state index is 0.0361. The van der Waals surface area contributed by atoms with Crippen LogP contribution in [0.25, 0.3) is 0 Å². The molecule has 1 fully saturated rings. The summed E-state index contributed by atoms with van der Waals surface area (Å²) in [6.07, 6.45) is 1.98. The number of rotatable bonds is 3. The van der Waals surface area contributed by atoms with E-state index in [1.54, 1.807) is 24.3 Å². The van der Waals surface area contributed by atoms with E-state index >= 15 is 0 Å². The van der Waals surface area contributed by atoms with Gasteiger partial charge in [0.05, 0.1) is 18.6 Å². The Morgan fingerprint density at radius 2 is 2.00 bits per heavy atom. The van der Waals surface area contributed by atoms with E-state index in [1.807, 2.05) is 7.05 Å². The van der Waals surface area contributed by atoms with E-state index in [9.17, 15) is 9.59 Å². The van der Waals surface area contributed by atoms with Crippen molar-refractivity contribution < 1.29 is 14.3 Å². The highest BCUT2D eigenvalue weighted by Gasteiger charge is 2.23. The maximum atomic E-state index is 12.2. The fourth-order valence-corrected chi connectivity index (χ4v) is 2.43. The van der Waals surface area contributed by atoms with Gasteiger partial charge in [-0.2, -0.15) is 0 Å². The number of hydrogen-bond donors (Lipinski definition) is 1. The Morgan fingerprint density at radius 3 is 2.60 bits per heavy atom. The Kier molecular flexibility index (Phi) is 4.74. The molecule has 1 aliphatic heterocycles. The molecule has 20 heavy (non-hydrogen) atoms. The van der Waals surface area contributed by atoms with Gasteiger partial charge in [0.15, 0.2) is 0 Å². The number of methoxy groups -OCH3 is 1. The highest BCUT2D eigenvalue weighted by atomic mass is 16.5. The van der Waals surface area contributed by atoms with Crippen molar-refractivity contribution in [3.8, 4) is 0 Å². The summed E-state index contributed by atoms with van der Waals surface area (Å²) in [6, 6.07) is 6.73. The quantitative estimate of drug-likeness (QED) is 0.855. The number of esters is 1. The average molecular weight is 276 g/mol. The van der Waals surface area contributed by atoms with Gasteiger partial charge in [0.25, 0.3) is 0 Å². The number of amides is 1. The van der Waals surface area contributed by atoms with Crippen LogP contribution < -0.4 is 5.32 Å². The second kappa shape index (κ2) is 6.52. The summed E-state index contributed by atoms with van der Waals surface area (Å²) < 4.78 is 4.63. The fraction of sp³-hybridized carbons (Fsp3) is 0.467. The smallest absolute Gasteiger partial charge is 0.337 e. The Bertz CT molecular complexity index is 484. The van der Waals surface area contributed by atoms with Crippen LogP contribution in [-0.2, 0) is 9.53 Å². The Labute approximate surface area is 118 Å². The predicted molar refractivity (Wildman–Crippen MR) is 76.6 cm³/mol. The Balaban J connectivity index is 1.95. The third-order valence-electron chi connectivity index (χ3n) is 3.57. The lowest BCUT2D eigenvalue weighted by atomic mass is 9.97. The van der Waals surface area contributed by atoms with Crippen LogP contribution in [0, 0.1) is 5.92 Å². The molecule has 1 aliphatic rings. The first-order chi connectivity index (χ1) is 9.60. The van der Waals surface area contributed by atoms with Crippen LogP contribution in [0.4, 0.5) is 5.69 Å². The molecular formula is C15H20N2O3. The number of nitrogens with one attached hydrogen (secondary N) is 1. The van der Waals surface area contributed by atoms with Crippen molar-refractivity contribution in [2.45, 2.75) is 12.8 Å². The van der Waals surface area contributed by atoms with Gasteiger partial charge in [0.2, 0.25) is 5.91 Å². The van der Waals surface area contributed by atoms with Crippen molar-refractivity contribution in [3.63, 3.8) is 0 Å². The van der Waals surface area contributed by atoms with Crippen LogP contribution in [0.15, 0.2) is 24.3 Å². The highest BCUT2D eigenvalue weighted by Crippen LogP contribution is 2.18. The maximum absolute atomic E-state index is 12.2. The number of nitrogens with zero attached hydrogens (tertiary/aromatic N) is 1. The van der Waals surface area contributed by atoms with Gasteiger partial charge >= 0.3 is 5.97 Å². The molecule has 1 aromatic carbocycles. The molecule has 5 nitrogen and oxygen atoms in total. The van der Waals surface area contributed by atoms with Gasteiger partial charge in [-0.15, -0.1) is 0 Å². The van der Waals surface area contributed by atoms with Crippen LogP contribution in [-0.4, -0.2) is 44.0 Å². The van der Waals surface area contributed by atoms with E-state index in [2.05, 4.69) is 15.0 Å². The molecule has 0 bridgehead atoms. The van der Waals surface area contributed by atoms with E-state index < -0.39 is 0 Å². The summed E-state index contributed by atoms with van der Waals surface area (Å²) in [5, 5.41) is 2.90. The number of carbonyl (C=O) groups is 2. The fourth-order valence-electron chi connectivity index (χ4n) is 2.43. The number of likely N-dealkylation sites (tertiary alicyclic amines) is 1. The number of anilines is 1. The van der Waals surface area contributed by atoms with Gasteiger partial charge in [-0.05, 0) is 50.7 Å². The number of benzene rings is 1. The molecule has 0 saturated carbocycles. The van der Waals surface area contributed by atoms with Gasteiger partial charge in [-0.25, -0.2) is 4.79 Å². The van der Waals surface area contributed by atoms with Gasteiger partial charge in [-0.1, -0.05) is 0 Å². The van der Waals surface area contributed by atoms with Gasteiger partial charge in [0, 0.05) is 12.2 Å². The van der Waals surface area contributed by atoms with E-state index in [4.69, 9.17) is 0 Å². The summed E-state index contributed by atoms with van der Waals surface area (Å²) in [4.78, 5) is 25.6. The van der Waals surface area contributed by atoms with Crippen molar-refractivity contribution >= 4 is 17.6 Å². The first kappa shape index (κ1) is 14.5. The van der Waals surface area contributed by atoms with E-state index in [0.717, 1.165) is 25.9 Å². The maximum Gasteiger partial charge on any atom is 0.337 e. The number of hydrogen-bond acceptors (Lipinski definition) is 4. The first-order valence-electron chi connectivity index (χ1n) is 6.78. The Hall–Kier alpha value is -1.88. The molecule has 1 N–H and O–H groups in total. The van der Waals surface area contributed by atoms with Crippen LogP contribution in [0.2, 0.25) is 0 Å². The summed E-state index contributed by atoms with van der Waals surface area (Å²) >= 11 is 0. The van der Waals surface area contributed by atoms with Gasteiger partial charge in [0.1, 0.15) is 0 Å². The van der Waals surface area contributed by atoms with Crippen LogP contribution in [0.1, 0.15) is 23.2 Å². The van der Waals surface area contributed by atoms with E-state index in [-0.39, 0.29) is 17.8 Å². The molecule has 1 aromatic rings. The first-order valence-corrected chi connectivity index (χ1v) is 6.78. The molecule has 0 spiro atoms. The molecule has 0 aliphatic carbocycles. The topological polar surface area (TPSA) is 58.6 Å². The van der Waals surface area contributed by atoms with Crippen molar-refractivity contribution in [2.75, 3.05) is 32.6 Å². The van der Waals surface area contributed by atoms with Crippen molar-refractivity contribution in [2.24, 2.45) is 5.92 Å². The number of piperidine rings is 1. The largest absolute Gasteiger partial charge is 0.465 e. The molecule has 0 unspecified atom stereocenters. The van der Waals surface area contributed by atoms with Crippen molar-refractivity contribution in [1.82, 2.24) is 4.90 Å². The van der Waals surface area contributed by atoms with Crippen molar-refractivity contribution in [1.29, 1.82) is 0 Å². The highest BCUT2D eigenvalue weighted by molar-refractivity contribution is 5.94. The zero-order valence-electron chi connectivity index (χ0n) is 11.9. The third kappa shape index (κ3) is 3.57. The molecular weight excluding hydrogens is 256 g/mol. The van der Waals surface area contributed by atoms with Gasteiger partial charge < -0.3 is 15.0 Å². The molecule has 0 aromatic heterocycles. The van der Waals surface area contributed by atoms with Gasteiger partial charge in [-0.3, -0.25) is 4.79 Å². The summed E-state index contributed by atoms with van der Waals surface area (Å²) in [7, 11) is 3.38. The zero-order chi connectivity index (χ0) is 14.5. The molecule has 2 rings (SSSR count). The normalized spacial score (nSPS) is 19.4. The van der Waals surface area contributed by atoms with E-state index in [0.29, 0.717) is 11.3 Å². The Morgan fingerprint density at radius 1 is 1.30 bits per heavy atom. The number of carbonyl (C=O) groups excluding carboxylic acids is 2. The summed E-state index contributed by atoms with van der Waals surface area (Å²) in [6.45, 7) is 1.85. The summed E-state index contributed by atoms with van der Waals surface area (Å²) in [5.41, 5.74) is 1.18. The molecule has 108 valence electrons. The van der Waals surface area contributed by atoms with Crippen LogP contribution in [0.5, 0.6) is 0 Å². The summed E-state index contributed by atoms with van der Waals surface area (Å²) in [5.74, 6) is -0.298. The minimum atomic E-state index is -0.378. The third-order valence-corrected chi connectivity index (χ3v) is 3.57. The van der Waals surface area contributed by atoms with Crippen molar-refractivity contribution in [3.05, 3.63) is 29.8 Å². The van der Waals surface area contributed by atoms with Crippen LogP contribution in [0.3, 0.4) is 0 Å². The lowest BCUT2D eigenvalue weighted by Gasteiger charge is -2.28. The van der Waals surface area contributed by atoms with Crippen LogP contribution >= 0.6 is 0 Å². The number of ether oxygens (including phenoxy) is 1. The second-order valence-electron chi connectivity index (χ2n) is 5.16. The molecule has 1 amide bonds. The lowest BCUT2D eigenvalue weighted by molar-refractivity contribution is -0.121. The second-order valence-corrected chi connectivity index (χ2v) is 5.16. The molecule has 5 heteroatoms. The molecule has 1 heterocycles. The lowest BCUT2D eigenvalue weighted by Crippen LogP contribution is -2.38. The SMILES string of the molecule is COC(=O)c1ccc(NC(=O)[C@H]2CCCN(C)C2)cc1. The molecule has 0 radical (unpaired) electrons. The van der Waals surface area contributed by atoms with E-state index in [1.165, 1.54) is 7.11 Å². The molecule has 1 saturated heterocycles. The predicted octanol–water partition coefficient (Wildman–Crippen LogP) is 1.75.